The number of amides is 1. The van der Waals surface area contributed by atoms with Crippen molar-refractivity contribution >= 4 is 11.6 Å². The van der Waals surface area contributed by atoms with Crippen LogP contribution in [-0.2, 0) is 11.3 Å². The third-order valence-corrected chi connectivity index (χ3v) is 1.32. The molecule has 68 valence electrons. The monoisotopic (exact) mass is 179 g/mol. The van der Waals surface area contributed by atoms with Gasteiger partial charge in [0.15, 0.2) is 0 Å². The fourth-order valence-electron chi connectivity index (χ4n) is 0.807. The second kappa shape index (κ2) is 4.11. The number of hydrogen-bond acceptors (Lipinski definition) is 4. The molecule has 0 aliphatic rings. The lowest BCUT2D eigenvalue weighted by atomic mass is 10.5. The van der Waals surface area contributed by atoms with Crippen LogP contribution in [0.4, 0.5) is 5.69 Å². The molecule has 0 saturated carbocycles. The lowest BCUT2D eigenvalue weighted by molar-refractivity contribution is -0.121. The molecule has 1 amide bonds. The summed E-state index contributed by atoms with van der Waals surface area (Å²) in [6.07, 6.45) is 3.00. The maximum atomic E-state index is 11.0. The third-order valence-electron chi connectivity index (χ3n) is 1.32. The van der Waals surface area contributed by atoms with Crippen molar-refractivity contribution in [3.05, 3.63) is 12.4 Å². The maximum absolute atomic E-state index is 11.0. The summed E-state index contributed by atoms with van der Waals surface area (Å²) in [7, 11) is 0. The Kier molecular flexibility index (Phi) is 2.87. The van der Waals surface area contributed by atoms with Gasteiger partial charge in [-0.2, -0.15) is 10.4 Å². The van der Waals surface area contributed by atoms with E-state index in [-0.39, 0.29) is 19.0 Å². The number of carbonyl (C=O) groups is 1. The Morgan fingerprint density at radius 3 is 3.15 bits per heavy atom. The van der Waals surface area contributed by atoms with E-state index in [1.165, 1.54) is 10.9 Å². The number of nitriles is 1. The second-order valence-corrected chi connectivity index (χ2v) is 2.41. The van der Waals surface area contributed by atoms with Crippen LogP contribution in [0.25, 0.3) is 0 Å². The zero-order chi connectivity index (χ0) is 9.68. The minimum Gasteiger partial charge on any atom is -0.396 e. The minimum atomic E-state index is -0.260. The first-order chi connectivity index (χ1) is 6.22. The fourth-order valence-corrected chi connectivity index (χ4v) is 0.807. The number of anilines is 1. The van der Waals surface area contributed by atoms with Gasteiger partial charge in [0, 0.05) is 6.20 Å². The van der Waals surface area contributed by atoms with Crippen molar-refractivity contribution in [2.75, 3.05) is 12.3 Å². The van der Waals surface area contributed by atoms with Crippen LogP contribution in [0.1, 0.15) is 0 Å². The van der Waals surface area contributed by atoms with Gasteiger partial charge in [0.2, 0.25) is 5.91 Å². The molecule has 0 aliphatic heterocycles. The molecular formula is C7H9N5O. The molecule has 1 heterocycles. The van der Waals surface area contributed by atoms with E-state index in [1.54, 1.807) is 12.3 Å². The van der Waals surface area contributed by atoms with Crippen molar-refractivity contribution in [1.82, 2.24) is 15.1 Å². The number of nitrogen functional groups attached to an aromatic ring is 1. The number of aromatic nitrogens is 2. The summed E-state index contributed by atoms with van der Waals surface area (Å²) in [4.78, 5) is 11.0. The summed E-state index contributed by atoms with van der Waals surface area (Å²) in [5.74, 6) is -0.260. The molecule has 0 atom stereocenters. The highest BCUT2D eigenvalue weighted by Gasteiger charge is 2.01. The summed E-state index contributed by atoms with van der Waals surface area (Å²) in [6, 6.07) is 1.80. The summed E-state index contributed by atoms with van der Waals surface area (Å²) in [6.45, 7) is 0.0917. The van der Waals surface area contributed by atoms with E-state index in [0.717, 1.165) is 0 Å². The molecule has 0 saturated heterocycles. The molecule has 1 aromatic heterocycles. The fraction of sp³-hybridized carbons (Fsp3) is 0.286. The molecule has 0 radical (unpaired) electrons. The summed E-state index contributed by atoms with van der Waals surface area (Å²) in [5, 5.41) is 14.4. The van der Waals surface area contributed by atoms with E-state index in [2.05, 4.69) is 10.4 Å². The molecule has 3 N–H and O–H groups in total. The Labute approximate surface area is 74.9 Å². The van der Waals surface area contributed by atoms with Crippen LogP contribution in [0, 0.1) is 11.3 Å². The van der Waals surface area contributed by atoms with Crippen LogP contribution >= 0.6 is 0 Å². The predicted molar refractivity (Wildman–Crippen MR) is 45.3 cm³/mol. The van der Waals surface area contributed by atoms with Crippen molar-refractivity contribution in [3.63, 3.8) is 0 Å². The normalized spacial score (nSPS) is 9.15. The van der Waals surface area contributed by atoms with Crippen LogP contribution in [0.3, 0.4) is 0 Å². The Balaban J connectivity index is 2.41. The molecule has 13 heavy (non-hydrogen) atoms. The van der Waals surface area contributed by atoms with Gasteiger partial charge in [-0.05, 0) is 0 Å². The minimum absolute atomic E-state index is 0.00951. The first-order valence-electron chi connectivity index (χ1n) is 3.64. The smallest absolute Gasteiger partial charge is 0.242 e. The van der Waals surface area contributed by atoms with E-state index in [1.807, 2.05) is 0 Å². The Morgan fingerprint density at radius 1 is 1.85 bits per heavy atom. The largest absolute Gasteiger partial charge is 0.396 e. The number of nitrogens with one attached hydrogen (secondary N) is 1. The molecule has 0 aromatic carbocycles. The second-order valence-electron chi connectivity index (χ2n) is 2.41. The lowest BCUT2D eigenvalue weighted by Crippen LogP contribution is -2.27. The van der Waals surface area contributed by atoms with Gasteiger partial charge < -0.3 is 11.1 Å². The third kappa shape index (κ3) is 2.83. The van der Waals surface area contributed by atoms with E-state index >= 15 is 0 Å². The zero-order valence-electron chi connectivity index (χ0n) is 6.90. The molecule has 6 nitrogen and oxygen atoms in total. The zero-order valence-corrected chi connectivity index (χ0v) is 6.90. The lowest BCUT2D eigenvalue weighted by Gasteiger charge is -1.99. The number of nitrogens with two attached hydrogens (primary N) is 1. The van der Waals surface area contributed by atoms with Crippen molar-refractivity contribution in [2.45, 2.75) is 6.54 Å². The van der Waals surface area contributed by atoms with Crippen LogP contribution in [0.2, 0.25) is 0 Å². The van der Waals surface area contributed by atoms with Gasteiger partial charge >= 0.3 is 0 Å². The first kappa shape index (κ1) is 9.06. The average Bonchev–Trinajstić information content (AvgIpc) is 2.48. The predicted octanol–water partition coefficient (Wildman–Crippen LogP) is -0.895. The first-order valence-corrected chi connectivity index (χ1v) is 3.64. The highest BCUT2D eigenvalue weighted by molar-refractivity contribution is 5.75. The van der Waals surface area contributed by atoms with Gasteiger partial charge in [0.25, 0.3) is 0 Å². The summed E-state index contributed by atoms with van der Waals surface area (Å²) < 4.78 is 1.40. The van der Waals surface area contributed by atoms with Gasteiger partial charge in [-0.15, -0.1) is 0 Å². The molecule has 0 bridgehead atoms. The molecule has 0 unspecified atom stereocenters. The van der Waals surface area contributed by atoms with Crippen molar-refractivity contribution in [2.24, 2.45) is 0 Å². The van der Waals surface area contributed by atoms with Gasteiger partial charge in [0.1, 0.15) is 13.1 Å². The van der Waals surface area contributed by atoms with Gasteiger partial charge in [0.05, 0.1) is 18.0 Å². The molecular weight excluding hydrogens is 170 g/mol. The highest BCUT2D eigenvalue weighted by Crippen LogP contribution is 1.96. The van der Waals surface area contributed by atoms with Crippen LogP contribution in [0.5, 0.6) is 0 Å². The molecule has 1 rings (SSSR count). The highest BCUT2D eigenvalue weighted by atomic mass is 16.2. The summed E-state index contributed by atoms with van der Waals surface area (Å²) in [5.41, 5.74) is 5.89. The average molecular weight is 179 g/mol. The SMILES string of the molecule is N#CCNC(=O)Cn1cc(N)cn1. The van der Waals surface area contributed by atoms with Crippen molar-refractivity contribution in [3.8, 4) is 6.07 Å². The summed E-state index contributed by atoms with van der Waals surface area (Å²) >= 11 is 0. The Hall–Kier alpha value is -2.03. The Bertz CT molecular complexity index is 337. The number of hydrogen-bond donors (Lipinski definition) is 2. The van der Waals surface area contributed by atoms with Crippen LogP contribution < -0.4 is 11.1 Å². The molecule has 6 heteroatoms. The molecule has 0 aliphatic carbocycles. The molecule has 1 aromatic rings. The standard InChI is InChI=1S/C7H9N5O/c8-1-2-10-7(13)5-12-4-6(9)3-11-12/h3-4H,2,5,9H2,(H,10,13). The van der Waals surface area contributed by atoms with Gasteiger partial charge in [-0.1, -0.05) is 0 Å². The number of carbonyl (C=O) groups excluding carboxylic acids is 1. The van der Waals surface area contributed by atoms with Crippen LogP contribution in [0.15, 0.2) is 12.4 Å². The number of nitrogens with zero attached hydrogens (tertiary/aromatic N) is 3. The maximum Gasteiger partial charge on any atom is 0.242 e. The Morgan fingerprint density at radius 2 is 2.62 bits per heavy atom. The van der Waals surface area contributed by atoms with E-state index in [9.17, 15) is 4.79 Å². The van der Waals surface area contributed by atoms with Gasteiger partial charge in [-0.25, -0.2) is 0 Å². The number of rotatable bonds is 3. The quantitative estimate of drug-likeness (QED) is 0.588. The van der Waals surface area contributed by atoms with E-state index < -0.39 is 0 Å². The van der Waals surface area contributed by atoms with Gasteiger partial charge in [-0.3, -0.25) is 9.48 Å². The molecule has 0 spiro atoms. The van der Waals surface area contributed by atoms with Crippen molar-refractivity contribution < 1.29 is 4.79 Å². The van der Waals surface area contributed by atoms with E-state index in [4.69, 9.17) is 11.0 Å². The molecule has 0 fully saturated rings. The van der Waals surface area contributed by atoms with Crippen LogP contribution in [-0.4, -0.2) is 22.2 Å². The van der Waals surface area contributed by atoms with E-state index in [0.29, 0.717) is 5.69 Å². The van der Waals surface area contributed by atoms with Crippen molar-refractivity contribution in [1.29, 1.82) is 5.26 Å². The topological polar surface area (TPSA) is 96.7 Å².